The minimum Gasteiger partial charge on any atom is -0.497 e. The topological polar surface area (TPSA) is 65.0 Å². The number of methoxy groups -OCH3 is 2. The van der Waals surface area contributed by atoms with Crippen molar-refractivity contribution >= 4 is 5.97 Å². The molecule has 0 saturated carbocycles. The van der Waals surface area contributed by atoms with Crippen molar-refractivity contribution in [2.24, 2.45) is 0 Å². The van der Waals surface area contributed by atoms with E-state index in [1.54, 1.807) is 33.3 Å². The molecule has 2 aromatic carbocycles. The Balaban J connectivity index is 2.13. The van der Waals surface area contributed by atoms with Gasteiger partial charge in [-0.25, -0.2) is 4.79 Å². The molecule has 0 aliphatic rings. The number of hydrogen-bond donors (Lipinski definition) is 1. The molecule has 0 amide bonds. The maximum Gasteiger partial charge on any atom is 0.331 e. The van der Waals surface area contributed by atoms with Gasteiger partial charge in [-0.1, -0.05) is 31.7 Å². The lowest BCUT2D eigenvalue weighted by atomic mass is 9.94. The molecule has 1 unspecified atom stereocenters. The lowest BCUT2D eigenvalue weighted by molar-refractivity contribution is -0.132. The van der Waals surface area contributed by atoms with Crippen molar-refractivity contribution in [1.29, 1.82) is 0 Å². The van der Waals surface area contributed by atoms with Crippen LogP contribution < -0.4 is 14.2 Å². The molecule has 5 nitrogen and oxygen atoms in total. The van der Waals surface area contributed by atoms with Crippen LogP contribution in [-0.4, -0.2) is 25.3 Å². The molecule has 1 N–H and O–H groups in total. The standard InChI is InChI=1S/C20H22O5/c1-13(14(2)20(21)22)16-7-10-18(19(11-16)24-4)25-12-15-5-8-17(23-3)9-6-15/h5-11,13H,2,12H2,1,3-4H3,(H,21,22). The molecule has 0 spiro atoms. The van der Waals surface area contributed by atoms with Crippen LogP contribution in [-0.2, 0) is 11.4 Å². The minimum absolute atomic E-state index is 0.133. The average molecular weight is 342 g/mol. The Bertz CT molecular complexity index is 749. The van der Waals surface area contributed by atoms with Gasteiger partial charge in [0.15, 0.2) is 11.5 Å². The third kappa shape index (κ3) is 4.53. The highest BCUT2D eigenvalue weighted by Gasteiger charge is 2.17. The lowest BCUT2D eigenvalue weighted by Crippen LogP contribution is -2.07. The molecule has 132 valence electrons. The number of carboxylic acid groups (broad SMARTS) is 1. The predicted octanol–water partition coefficient (Wildman–Crippen LogP) is 4.03. The summed E-state index contributed by atoms with van der Waals surface area (Å²) in [6.45, 7) is 5.80. The summed E-state index contributed by atoms with van der Waals surface area (Å²) >= 11 is 0. The second kappa shape index (κ2) is 8.24. The summed E-state index contributed by atoms with van der Waals surface area (Å²) in [7, 11) is 3.17. The molecule has 0 heterocycles. The van der Waals surface area contributed by atoms with Crippen LogP contribution in [0.5, 0.6) is 17.2 Å². The van der Waals surface area contributed by atoms with Gasteiger partial charge in [-0.05, 0) is 35.4 Å². The molecule has 0 saturated heterocycles. The number of benzene rings is 2. The molecule has 2 aromatic rings. The molecule has 25 heavy (non-hydrogen) atoms. The van der Waals surface area contributed by atoms with Crippen LogP contribution in [0.1, 0.15) is 24.0 Å². The molecule has 5 heteroatoms. The molecule has 0 aromatic heterocycles. The number of aliphatic carboxylic acids is 1. The highest BCUT2D eigenvalue weighted by atomic mass is 16.5. The minimum atomic E-state index is -1.01. The van der Waals surface area contributed by atoms with Crippen LogP contribution in [0.3, 0.4) is 0 Å². The molecule has 0 aliphatic heterocycles. The summed E-state index contributed by atoms with van der Waals surface area (Å²) < 4.78 is 16.3. The number of ether oxygens (including phenoxy) is 3. The van der Waals surface area contributed by atoms with Crippen LogP contribution >= 0.6 is 0 Å². The van der Waals surface area contributed by atoms with E-state index in [1.165, 1.54) is 0 Å². The summed E-state index contributed by atoms with van der Waals surface area (Å²) in [5.74, 6) is 0.609. The van der Waals surface area contributed by atoms with E-state index >= 15 is 0 Å². The Morgan fingerprint density at radius 1 is 1.08 bits per heavy atom. The normalized spacial score (nSPS) is 11.5. The number of carbonyl (C=O) groups is 1. The molecule has 0 radical (unpaired) electrons. The van der Waals surface area contributed by atoms with Gasteiger partial charge in [0.1, 0.15) is 12.4 Å². The van der Waals surface area contributed by atoms with E-state index in [0.717, 1.165) is 16.9 Å². The van der Waals surface area contributed by atoms with Gasteiger partial charge in [-0.3, -0.25) is 0 Å². The van der Waals surface area contributed by atoms with Crippen molar-refractivity contribution in [3.8, 4) is 17.2 Å². The summed E-state index contributed by atoms with van der Waals surface area (Å²) in [6.07, 6.45) is 0. The van der Waals surface area contributed by atoms with Crippen molar-refractivity contribution in [1.82, 2.24) is 0 Å². The van der Waals surface area contributed by atoms with Gasteiger partial charge < -0.3 is 19.3 Å². The molecule has 1 atom stereocenters. The van der Waals surface area contributed by atoms with E-state index < -0.39 is 5.97 Å². The molecule has 0 bridgehead atoms. The third-order valence-electron chi connectivity index (χ3n) is 4.04. The van der Waals surface area contributed by atoms with Crippen molar-refractivity contribution in [3.63, 3.8) is 0 Å². The van der Waals surface area contributed by atoms with Crippen LogP contribution in [0.25, 0.3) is 0 Å². The number of hydrogen-bond acceptors (Lipinski definition) is 4. The molecule has 2 rings (SSSR count). The zero-order chi connectivity index (χ0) is 18.4. The quantitative estimate of drug-likeness (QED) is 0.734. The Labute approximate surface area is 147 Å². The largest absolute Gasteiger partial charge is 0.497 e. The Hall–Kier alpha value is -2.95. The monoisotopic (exact) mass is 342 g/mol. The number of rotatable bonds is 8. The van der Waals surface area contributed by atoms with Crippen molar-refractivity contribution in [2.75, 3.05) is 14.2 Å². The Morgan fingerprint density at radius 3 is 2.32 bits per heavy atom. The third-order valence-corrected chi connectivity index (χ3v) is 4.04. The fourth-order valence-corrected chi connectivity index (χ4v) is 2.34. The van der Waals surface area contributed by atoms with E-state index in [4.69, 9.17) is 19.3 Å². The van der Waals surface area contributed by atoms with Gasteiger partial charge in [0.25, 0.3) is 0 Å². The highest BCUT2D eigenvalue weighted by molar-refractivity contribution is 5.87. The fourth-order valence-electron chi connectivity index (χ4n) is 2.34. The number of carboxylic acids is 1. The van der Waals surface area contributed by atoms with E-state index in [0.29, 0.717) is 18.1 Å². The van der Waals surface area contributed by atoms with Gasteiger partial charge >= 0.3 is 5.97 Å². The molecular weight excluding hydrogens is 320 g/mol. The van der Waals surface area contributed by atoms with Crippen LogP contribution in [0.2, 0.25) is 0 Å². The first-order valence-corrected chi connectivity index (χ1v) is 7.82. The van der Waals surface area contributed by atoms with Crippen LogP contribution in [0.4, 0.5) is 0 Å². The Kier molecular flexibility index (Phi) is 6.06. The van der Waals surface area contributed by atoms with Gasteiger partial charge in [-0.2, -0.15) is 0 Å². The van der Waals surface area contributed by atoms with E-state index in [2.05, 4.69) is 6.58 Å². The van der Waals surface area contributed by atoms with Gasteiger partial charge in [0, 0.05) is 11.5 Å². The Morgan fingerprint density at radius 2 is 1.76 bits per heavy atom. The van der Waals surface area contributed by atoms with Crippen molar-refractivity contribution in [3.05, 3.63) is 65.7 Å². The summed E-state index contributed by atoms with van der Waals surface area (Å²) in [6, 6.07) is 13.0. The predicted molar refractivity (Wildman–Crippen MR) is 95.5 cm³/mol. The average Bonchev–Trinajstić information content (AvgIpc) is 2.65. The first-order chi connectivity index (χ1) is 12.0. The molecule has 0 fully saturated rings. The van der Waals surface area contributed by atoms with E-state index in [-0.39, 0.29) is 11.5 Å². The maximum absolute atomic E-state index is 11.1. The summed E-state index contributed by atoms with van der Waals surface area (Å²) in [5.41, 5.74) is 1.94. The SMILES string of the molecule is C=C(C(=O)O)C(C)c1ccc(OCc2ccc(OC)cc2)c(OC)c1. The summed E-state index contributed by atoms with van der Waals surface area (Å²) in [4.78, 5) is 11.1. The second-order valence-electron chi connectivity index (χ2n) is 5.60. The van der Waals surface area contributed by atoms with E-state index in [9.17, 15) is 4.79 Å². The maximum atomic E-state index is 11.1. The van der Waals surface area contributed by atoms with E-state index in [1.807, 2.05) is 30.3 Å². The van der Waals surface area contributed by atoms with Crippen molar-refractivity contribution in [2.45, 2.75) is 19.4 Å². The first kappa shape index (κ1) is 18.4. The zero-order valence-electron chi connectivity index (χ0n) is 14.6. The summed E-state index contributed by atoms with van der Waals surface area (Å²) in [5, 5.41) is 9.08. The van der Waals surface area contributed by atoms with Crippen LogP contribution in [0.15, 0.2) is 54.6 Å². The van der Waals surface area contributed by atoms with Crippen molar-refractivity contribution < 1.29 is 24.1 Å². The lowest BCUT2D eigenvalue weighted by Gasteiger charge is -2.16. The second-order valence-corrected chi connectivity index (χ2v) is 5.60. The van der Waals surface area contributed by atoms with Gasteiger partial charge in [0.2, 0.25) is 0 Å². The first-order valence-electron chi connectivity index (χ1n) is 7.82. The van der Waals surface area contributed by atoms with Gasteiger partial charge in [0.05, 0.1) is 14.2 Å². The smallest absolute Gasteiger partial charge is 0.331 e. The van der Waals surface area contributed by atoms with Crippen LogP contribution in [0, 0.1) is 0 Å². The zero-order valence-corrected chi connectivity index (χ0v) is 14.6. The molecule has 0 aliphatic carbocycles. The fraction of sp³-hybridized carbons (Fsp3) is 0.250. The van der Waals surface area contributed by atoms with Gasteiger partial charge in [-0.15, -0.1) is 0 Å². The highest BCUT2D eigenvalue weighted by Crippen LogP contribution is 2.33. The molecular formula is C20H22O5.